The van der Waals surface area contributed by atoms with Crippen LogP contribution in [0, 0.1) is 0 Å². The third-order valence-electron chi connectivity index (χ3n) is 2.68. The first-order chi connectivity index (χ1) is 8.24. The quantitative estimate of drug-likeness (QED) is 0.738. The SMILES string of the molecule is CC(=O)c1nc(C2Cc3ccccc3O2)no1. The number of rotatable bonds is 2. The van der Waals surface area contributed by atoms with E-state index in [1.54, 1.807) is 0 Å². The number of fused-ring (bicyclic) bond motifs is 1. The summed E-state index contributed by atoms with van der Waals surface area (Å²) in [5.41, 5.74) is 1.12. The number of ether oxygens (including phenoxy) is 1. The number of hydrogen-bond acceptors (Lipinski definition) is 5. The highest BCUT2D eigenvalue weighted by Gasteiger charge is 2.28. The van der Waals surface area contributed by atoms with Gasteiger partial charge in [-0.05, 0) is 11.6 Å². The second-order valence-electron chi connectivity index (χ2n) is 3.93. The van der Waals surface area contributed by atoms with E-state index in [1.165, 1.54) is 6.92 Å². The van der Waals surface area contributed by atoms with Crippen LogP contribution in [-0.2, 0) is 6.42 Å². The molecule has 0 spiro atoms. The summed E-state index contributed by atoms with van der Waals surface area (Å²) < 4.78 is 10.5. The molecule has 5 heteroatoms. The molecule has 86 valence electrons. The predicted octanol–water partition coefficient (Wildman–Crippen LogP) is 1.95. The highest BCUT2D eigenvalue weighted by molar-refractivity contribution is 5.89. The Morgan fingerprint density at radius 3 is 2.94 bits per heavy atom. The molecule has 1 aromatic heterocycles. The van der Waals surface area contributed by atoms with Gasteiger partial charge in [-0.1, -0.05) is 23.4 Å². The molecule has 1 aromatic carbocycles. The second-order valence-corrected chi connectivity index (χ2v) is 3.93. The summed E-state index contributed by atoms with van der Waals surface area (Å²) in [6.07, 6.45) is 0.441. The zero-order valence-electron chi connectivity index (χ0n) is 9.21. The summed E-state index contributed by atoms with van der Waals surface area (Å²) in [6.45, 7) is 1.39. The van der Waals surface area contributed by atoms with Crippen molar-refractivity contribution in [1.82, 2.24) is 10.1 Å². The molecule has 2 heterocycles. The van der Waals surface area contributed by atoms with Gasteiger partial charge in [0.1, 0.15) is 5.75 Å². The number of aromatic nitrogens is 2. The van der Waals surface area contributed by atoms with E-state index in [2.05, 4.69) is 10.1 Å². The number of para-hydroxylation sites is 1. The summed E-state index contributed by atoms with van der Waals surface area (Å²) in [6, 6.07) is 7.78. The van der Waals surface area contributed by atoms with Crippen LogP contribution in [0.5, 0.6) is 5.75 Å². The van der Waals surface area contributed by atoms with Crippen molar-refractivity contribution in [3.8, 4) is 5.75 Å². The number of hydrogen-bond donors (Lipinski definition) is 0. The molecule has 0 fully saturated rings. The average Bonchev–Trinajstić information content (AvgIpc) is 2.95. The molecule has 1 unspecified atom stereocenters. The number of carbonyl (C=O) groups is 1. The Labute approximate surface area is 97.4 Å². The van der Waals surface area contributed by atoms with Crippen molar-refractivity contribution in [3.05, 3.63) is 41.5 Å². The van der Waals surface area contributed by atoms with Crippen molar-refractivity contribution in [1.29, 1.82) is 0 Å². The number of ketones is 1. The van der Waals surface area contributed by atoms with Crippen molar-refractivity contribution < 1.29 is 14.1 Å². The number of nitrogens with zero attached hydrogens (tertiary/aromatic N) is 2. The summed E-state index contributed by atoms with van der Waals surface area (Å²) in [5, 5.41) is 3.77. The van der Waals surface area contributed by atoms with Gasteiger partial charge < -0.3 is 9.26 Å². The van der Waals surface area contributed by atoms with Crippen molar-refractivity contribution >= 4 is 5.78 Å². The van der Waals surface area contributed by atoms with Gasteiger partial charge in [0.15, 0.2) is 6.10 Å². The van der Waals surface area contributed by atoms with E-state index in [9.17, 15) is 4.79 Å². The van der Waals surface area contributed by atoms with Crippen molar-refractivity contribution in [2.24, 2.45) is 0 Å². The molecule has 17 heavy (non-hydrogen) atoms. The Morgan fingerprint density at radius 1 is 1.41 bits per heavy atom. The fourth-order valence-electron chi connectivity index (χ4n) is 1.83. The summed E-state index contributed by atoms with van der Waals surface area (Å²) >= 11 is 0. The highest BCUT2D eigenvalue weighted by atomic mass is 16.5. The molecule has 5 nitrogen and oxygen atoms in total. The van der Waals surface area contributed by atoms with E-state index < -0.39 is 0 Å². The second kappa shape index (κ2) is 3.69. The van der Waals surface area contributed by atoms with Crippen LogP contribution in [0.15, 0.2) is 28.8 Å². The van der Waals surface area contributed by atoms with E-state index in [0.29, 0.717) is 12.2 Å². The minimum Gasteiger partial charge on any atom is -0.482 e. The number of Topliss-reactive ketones (excluding diaryl/α,β-unsaturated/α-hetero) is 1. The summed E-state index contributed by atoms with van der Waals surface area (Å²) in [4.78, 5) is 15.1. The maximum Gasteiger partial charge on any atom is 0.293 e. The Bertz CT molecular complexity index is 552. The average molecular weight is 230 g/mol. The molecule has 2 aromatic rings. The van der Waals surface area contributed by atoms with E-state index in [4.69, 9.17) is 9.26 Å². The van der Waals surface area contributed by atoms with Crippen LogP contribution in [0.3, 0.4) is 0 Å². The third-order valence-corrected chi connectivity index (χ3v) is 2.68. The highest BCUT2D eigenvalue weighted by Crippen LogP contribution is 2.35. The molecule has 3 rings (SSSR count). The first-order valence-electron chi connectivity index (χ1n) is 5.33. The number of benzene rings is 1. The van der Waals surface area contributed by atoms with Gasteiger partial charge >= 0.3 is 0 Å². The molecule has 0 aliphatic carbocycles. The summed E-state index contributed by atoms with van der Waals surface area (Å²) in [5.74, 6) is 1.05. The molecule has 0 N–H and O–H groups in total. The first-order valence-corrected chi connectivity index (χ1v) is 5.33. The van der Waals surface area contributed by atoms with E-state index >= 15 is 0 Å². The van der Waals surface area contributed by atoms with Gasteiger partial charge in [0.2, 0.25) is 11.6 Å². The smallest absolute Gasteiger partial charge is 0.293 e. The van der Waals surface area contributed by atoms with Gasteiger partial charge in [0.25, 0.3) is 5.89 Å². The lowest BCUT2D eigenvalue weighted by Crippen LogP contribution is -2.05. The fraction of sp³-hybridized carbons (Fsp3) is 0.250. The van der Waals surface area contributed by atoms with Crippen molar-refractivity contribution in [2.75, 3.05) is 0 Å². The minimum atomic E-state index is -0.260. The topological polar surface area (TPSA) is 65.2 Å². The van der Waals surface area contributed by atoms with Gasteiger partial charge in [-0.2, -0.15) is 4.98 Å². The van der Waals surface area contributed by atoms with Gasteiger partial charge in [-0.15, -0.1) is 0 Å². The maximum absolute atomic E-state index is 11.1. The molecule has 0 bridgehead atoms. The Hall–Kier alpha value is -2.17. The number of carbonyl (C=O) groups excluding carboxylic acids is 1. The van der Waals surface area contributed by atoms with E-state index in [0.717, 1.165) is 11.3 Å². The standard InChI is InChI=1S/C12H10N2O3/c1-7(15)12-13-11(14-17-12)10-6-8-4-2-3-5-9(8)16-10/h2-5,10H,6H2,1H3. The predicted molar refractivity (Wildman–Crippen MR) is 57.8 cm³/mol. The van der Waals surface area contributed by atoms with Gasteiger partial charge in [0, 0.05) is 13.3 Å². The molecule has 1 atom stereocenters. The van der Waals surface area contributed by atoms with Crippen LogP contribution in [0.4, 0.5) is 0 Å². The molecule has 1 aliphatic rings. The normalized spacial score (nSPS) is 17.6. The Kier molecular flexibility index (Phi) is 2.18. The van der Waals surface area contributed by atoms with Crippen LogP contribution in [0.2, 0.25) is 0 Å². The van der Waals surface area contributed by atoms with Crippen molar-refractivity contribution in [3.63, 3.8) is 0 Å². The molecule has 0 amide bonds. The van der Waals surface area contributed by atoms with E-state index in [1.807, 2.05) is 24.3 Å². The third kappa shape index (κ3) is 1.69. The van der Waals surface area contributed by atoms with Crippen LogP contribution in [0.25, 0.3) is 0 Å². The Balaban J connectivity index is 1.86. The van der Waals surface area contributed by atoms with Gasteiger partial charge in [-0.25, -0.2) is 0 Å². The minimum absolute atomic E-state index is 0.0274. The molecular formula is C12H10N2O3. The zero-order chi connectivity index (χ0) is 11.8. The molecule has 0 radical (unpaired) electrons. The van der Waals surface area contributed by atoms with Crippen LogP contribution >= 0.6 is 0 Å². The summed E-state index contributed by atoms with van der Waals surface area (Å²) in [7, 11) is 0. The van der Waals surface area contributed by atoms with Crippen molar-refractivity contribution in [2.45, 2.75) is 19.4 Å². The largest absolute Gasteiger partial charge is 0.482 e. The molecular weight excluding hydrogens is 220 g/mol. The zero-order valence-corrected chi connectivity index (χ0v) is 9.21. The lowest BCUT2D eigenvalue weighted by atomic mass is 10.1. The lowest BCUT2D eigenvalue weighted by molar-refractivity contribution is 0.0971. The monoisotopic (exact) mass is 230 g/mol. The van der Waals surface area contributed by atoms with E-state index in [-0.39, 0.29) is 17.8 Å². The Morgan fingerprint density at radius 2 is 2.24 bits per heavy atom. The van der Waals surface area contributed by atoms with Crippen LogP contribution in [-0.4, -0.2) is 15.9 Å². The van der Waals surface area contributed by atoms with Crippen LogP contribution in [0.1, 0.15) is 35.1 Å². The maximum atomic E-state index is 11.1. The van der Waals surface area contributed by atoms with Gasteiger partial charge in [-0.3, -0.25) is 4.79 Å². The lowest BCUT2D eigenvalue weighted by Gasteiger charge is -2.04. The first kappa shape index (κ1) is 10.0. The van der Waals surface area contributed by atoms with Crippen LogP contribution < -0.4 is 4.74 Å². The van der Waals surface area contributed by atoms with Gasteiger partial charge in [0.05, 0.1) is 0 Å². The molecule has 1 aliphatic heterocycles. The molecule has 0 saturated carbocycles. The fourth-order valence-corrected chi connectivity index (χ4v) is 1.83. The molecule has 0 saturated heterocycles.